The topological polar surface area (TPSA) is 40.1 Å². The highest BCUT2D eigenvalue weighted by atomic mass is 127. The molecule has 1 aromatic rings. The largest absolute Gasteiger partial charge is 0.338 e. The molecule has 1 fully saturated rings. The molecule has 0 spiro atoms. The van der Waals surface area contributed by atoms with Crippen molar-refractivity contribution in [2.45, 2.75) is 12.8 Å². The summed E-state index contributed by atoms with van der Waals surface area (Å²) < 4.78 is 14.9. The fourth-order valence-electron chi connectivity index (χ4n) is 2.44. The van der Waals surface area contributed by atoms with Gasteiger partial charge in [-0.2, -0.15) is 0 Å². The van der Waals surface area contributed by atoms with E-state index in [2.05, 4.69) is 32.9 Å². The summed E-state index contributed by atoms with van der Waals surface area (Å²) in [6.45, 7) is 1.33. The average Bonchev–Trinajstić information content (AvgIpc) is 3.26. The van der Waals surface area contributed by atoms with Crippen LogP contribution >= 0.6 is 22.6 Å². The highest BCUT2D eigenvalue weighted by molar-refractivity contribution is 14.1. The number of hydroxylamine groups is 2. The van der Waals surface area contributed by atoms with Gasteiger partial charge in [0.25, 0.3) is 0 Å². The molecule has 23 heavy (non-hydrogen) atoms. The summed E-state index contributed by atoms with van der Waals surface area (Å²) >= 11 is 2.09. The quantitative estimate of drug-likeness (QED) is 0.733. The molecule has 1 aromatic carbocycles. The van der Waals surface area contributed by atoms with E-state index in [0.717, 1.165) is 21.7 Å². The lowest BCUT2D eigenvalue weighted by molar-refractivity contribution is -0.130. The van der Waals surface area contributed by atoms with E-state index >= 15 is 0 Å². The number of fused-ring (bicyclic) bond motifs is 1. The van der Waals surface area contributed by atoms with E-state index in [0.29, 0.717) is 18.3 Å². The number of anilines is 1. The Morgan fingerprint density at radius 2 is 2.26 bits per heavy atom. The molecule has 0 bridgehead atoms. The first-order chi connectivity index (χ1) is 11.2. The third kappa shape index (κ3) is 3.35. The van der Waals surface area contributed by atoms with Gasteiger partial charge in [0.15, 0.2) is 0 Å². The molecule has 0 amide bonds. The van der Waals surface area contributed by atoms with E-state index in [1.54, 1.807) is 18.5 Å². The molecule has 4 rings (SSSR count). The van der Waals surface area contributed by atoms with Crippen LogP contribution in [0.2, 0.25) is 0 Å². The summed E-state index contributed by atoms with van der Waals surface area (Å²) in [4.78, 5) is 12.0. The SMILES string of the molecule is Fc1cc(I)ccc1NC1=CN=CC2=CN(OCC3CC3)CN21. The zero-order valence-electron chi connectivity index (χ0n) is 12.4. The van der Waals surface area contributed by atoms with Crippen LogP contribution < -0.4 is 5.32 Å². The van der Waals surface area contributed by atoms with E-state index in [4.69, 9.17) is 4.84 Å². The lowest BCUT2D eigenvalue weighted by Crippen LogP contribution is -2.31. The Morgan fingerprint density at radius 3 is 3.04 bits per heavy atom. The predicted octanol–water partition coefficient (Wildman–Crippen LogP) is 3.48. The lowest BCUT2D eigenvalue weighted by Gasteiger charge is -2.27. The van der Waals surface area contributed by atoms with Crippen LogP contribution in [0.15, 0.2) is 47.1 Å². The number of nitrogens with one attached hydrogen (secondary N) is 1. The highest BCUT2D eigenvalue weighted by Gasteiger charge is 2.28. The molecular weight excluding hydrogens is 410 g/mol. The first-order valence-corrected chi connectivity index (χ1v) is 8.61. The van der Waals surface area contributed by atoms with E-state index in [1.807, 2.05) is 22.2 Å². The fourth-order valence-corrected chi connectivity index (χ4v) is 2.90. The Bertz CT molecular complexity index is 714. The van der Waals surface area contributed by atoms with E-state index in [1.165, 1.54) is 18.9 Å². The summed E-state index contributed by atoms with van der Waals surface area (Å²) in [6.07, 6.45) is 7.91. The smallest absolute Gasteiger partial charge is 0.147 e. The Labute approximate surface area is 147 Å². The van der Waals surface area contributed by atoms with Crippen LogP contribution in [0.4, 0.5) is 10.1 Å². The number of hydrogen-bond donors (Lipinski definition) is 1. The van der Waals surface area contributed by atoms with Crippen molar-refractivity contribution in [3.8, 4) is 0 Å². The van der Waals surface area contributed by atoms with Crippen LogP contribution in [0.1, 0.15) is 12.8 Å². The fraction of sp³-hybridized carbons (Fsp3) is 0.312. The minimum atomic E-state index is -0.279. The first kappa shape index (κ1) is 14.9. The first-order valence-electron chi connectivity index (χ1n) is 7.53. The van der Waals surface area contributed by atoms with Crippen molar-refractivity contribution in [3.05, 3.63) is 51.5 Å². The van der Waals surface area contributed by atoms with Gasteiger partial charge < -0.3 is 10.2 Å². The van der Waals surface area contributed by atoms with Gasteiger partial charge in [-0.05, 0) is 59.5 Å². The Morgan fingerprint density at radius 1 is 1.39 bits per heavy atom. The number of rotatable bonds is 5. The van der Waals surface area contributed by atoms with Crippen LogP contribution in [0.5, 0.6) is 0 Å². The molecule has 2 heterocycles. The minimum Gasteiger partial charge on any atom is -0.338 e. The van der Waals surface area contributed by atoms with Crippen molar-refractivity contribution in [1.82, 2.24) is 9.96 Å². The molecule has 1 aliphatic carbocycles. The van der Waals surface area contributed by atoms with Crippen molar-refractivity contribution < 1.29 is 9.23 Å². The molecule has 1 saturated carbocycles. The number of allylic oxidation sites excluding steroid dienone is 1. The van der Waals surface area contributed by atoms with Crippen LogP contribution in [-0.2, 0) is 4.84 Å². The van der Waals surface area contributed by atoms with Gasteiger partial charge >= 0.3 is 0 Å². The second-order valence-electron chi connectivity index (χ2n) is 5.82. The molecule has 7 heteroatoms. The monoisotopic (exact) mass is 426 g/mol. The van der Waals surface area contributed by atoms with Crippen molar-refractivity contribution in [2.24, 2.45) is 10.9 Å². The second-order valence-corrected chi connectivity index (χ2v) is 7.07. The molecule has 0 aromatic heterocycles. The van der Waals surface area contributed by atoms with Gasteiger partial charge in [-0.3, -0.25) is 9.83 Å². The van der Waals surface area contributed by atoms with Gasteiger partial charge in [0.2, 0.25) is 0 Å². The molecular formula is C16H16FIN4O. The second kappa shape index (κ2) is 6.12. The van der Waals surface area contributed by atoms with Gasteiger partial charge in [0, 0.05) is 3.57 Å². The summed E-state index contributed by atoms with van der Waals surface area (Å²) in [5.41, 5.74) is 1.36. The molecule has 1 N–H and O–H groups in total. The van der Waals surface area contributed by atoms with E-state index < -0.39 is 0 Å². The van der Waals surface area contributed by atoms with Gasteiger partial charge in [-0.15, -0.1) is 0 Å². The zero-order valence-corrected chi connectivity index (χ0v) is 14.5. The molecule has 0 unspecified atom stereocenters. The third-order valence-electron chi connectivity index (χ3n) is 3.93. The number of halogens is 2. The summed E-state index contributed by atoms with van der Waals surface area (Å²) in [5.74, 6) is 1.16. The van der Waals surface area contributed by atoms with Crippen LogP contribution in [-0.4, -0.2) is 29.5 Å². The molecule has 2 aliphatic heterocycles. The number of nitrogens with zero attached hydrogens (tertiary/aromatic N) is 3. The Kier molecular flexibility index (Phi) is 3.98. The molecule has 5 nitrogen and oxygen atoms in total. The van der Waals surface area contributed by atoms with Gasteiger partial charge in [0.1, 0.15) is 18.3 Å². The van der Waals surface area contributed by atoms with E-state index in [-0.39, 0.29) is 5.82 Å². The standard InChI is InChI=1S/C16H16FIN4O/c17-14-5-12(18)3-4-15(14)20-16-7-19-6-13-8-21(10-22(13)16)23-9-11-1-2-11/h3-8,11,20H,1-2,9-10H2. The highest BCUT2D eigenvalue weighted by Crippen LogP contribution is 2.31. The lowest BCUT2D eigenvalue weighted by atomic mass is 10.3. The summed E-state index contributed by atoms with van der Waals surface area (Å²) in [7, 11) is 0. The molecule has 0 saturated heterocycles. The average molecular weight is 426 g/mol. The summed E-state index contributed by atoms with van der Waals surface area (Å²) in [6, 6.07) is 5.10. The predicted molar refractivity (Wildman–Crippen MR) is 94.6 cm³/mol. The molecule has 0 atom stereocenters. The molecule has 0 radical (unpaired) electrons. The maximum atomic E-state index is 14.0. The molecule has 120 valence electrons. The van der Waals surface area contributed by atoms with E-state index in [9.17, 15) is 4.39 Å². The Hall–Kier alpha value is -1.61. The van der Waals surface area contributed by atoms with Crippen LogP contribution in [0.3, 0.4) is 0 Å². The normalized spacial score (nSPS) is 19.6. The summed E-state index contributed by atoms with van der Waals surface area (Å²) in [5, 5.41) is 4.93. The van der Waals surface area contributed by atoms with Gasteiger partial charge in [-0.25, -0.2) is 9.45 Å². The van der Waals surface area contributed by atoms with Crippen LogP contribution in [0.25, 0.3) is 0 Å². The van der Waals surface area contributed by atoms with Gasteiger partial charge in [-0.1, -0.05) is 0 Å². The maximum absolute atomic E-state index is 14.0. The Balaban J connectivity index is 1.46. The minimum absolute atomic E-state index is 0.279. The molecule has 3 aliphatic rings. The van der Waals surface area contributed by atoms with Crippen molar-refractivity contribution in [1.29, 1.82) is 0 Å². The van der Waals surface area contributed by atoms with Crippen molar-refractivity contribution >= 4 is 34.5 Å². The van der Waals surface area contributed by atoms with Gasteiger partial charge in [0.05, 0.1) is 36.6 Å². The maximum Gasteiger partial charge on any atom is 0.147 e. The number of hydrogen-bond acceptors (Lipinski definition) is 5. The zero-order chi connectivity index (χ0) is 15.8. The number of aliphatic imine (C=N–C) groups is 1. The number of benzene rings is 1. The van der Waals surface area contributed by atoms with Crippen molar-refractivity contribution in [2.75, 3.05) is 18.6 Å². The van der Waals surface area contributed by atoms with Crippen LogP contribution in [0, 0.1) is 15.3 Å². The third-order valence-corrected chi connectivity index (χ3v) is 4.60. The van der Waals surface area contributed by atoms with Crippen molar-refractivity contribution in [3.63, 3.8) is 0 Å².